The van der Waals surface area contributed by atoms with Gasteiger partial charge in [-0.05, 0) is 43.4 Å². The predicted octanol–water partition coefficient (Wildman–Crippen LogP) is 3.44. The highest BCUT2D eigenvalue weighted by molar-refractivity contribution is 5.37. The molecule has 116 valence electrons. The Hall–Kier alpha value is -1.32. The summed E-state index contributed by atoms with van der Waals surface area (Å²) in [5.41, 5.74) is 1.52. The Bertz CT molecular complexity index is 535. The van der Waals surface area contributed by atoms with Crippen molar-refractivity contribution < 1.29 is 0 Å². The molecule has 3 rings (SSSR count). The van der Waals surface area contributed by atoms with Gasteiger partial charge in [-0.1, -0.05) is 26.7 Å². The fourth-order valence-electron chi connectivity index (χ4n) is 3.92. The molecule has 2 aliphatic rings. The average molecular weight is 289 g/mol. The Morgan fingerprint density at radius 3 is 2.52 bits per heavy atom. The summed E-state index contributed by atoms with van der Waals surface area (Å²) in [6.45, 7) is 6.22. The predicted molar refractivity (Wildman–Crippen MR) is 85.9 cm³/mol. The Balaban J connectivity index is 1.72. The van der Waals surface area contributed by atoms with Crippen molar-refractivity contribution in [2.24, 2.45) is 5.41 Å². The third-order valence-corrected chi connectivity index (χ3v) is 5.72. The van der Waals surface area contributed by atoms with E-state index in [1.165, 1.54) is 38.5 Å². The molecule has 2 fully saturated rings. The molecule has 0 bridgehead atoms. The Labute approximate surface area is 127 Å². The third-order valence-electron chi connectivity index (χ3n) is 5.72. The largest absolute Gasteiger partial charge is 0.352 e. The Kier molecular flexibility index (Phi) is 4.05. The number of nitrogens with one attached hydrogen (secondary N) is 1. The lowest BCUT2D eigenvalue weighted by molar-refractivity contribution is 0.226. The second-order valence-electron chi connectivity index (χ2n) is 6.99. The van der Waals surface area contributed by atoms with E-state index in [9.17, 15) is 4.79 Å². The quantitative estimate of drug-likeness (QED) is 0.927. The SMILES string of the molecule is CCC(C)c1cnc(N2CCC3(CCCC3)CC2)c(=O)[nH]1. The number of H-pyrrole nitrogens is 1. The fraction of sp³-hybridized carbons (Fsp3) is 0.765. The van der Waals surface area contributed by atoms with Gasteiger partial charge >= 0.3 is 0 Å². The maximum atomic E-state index is 12.3. The van der Waals surface area contributed by atoms with Gasteiger partial charge in [0.2, 0.25) is 0 Å². The zero-order chi connectivity index (χ0) is 14.9. The van der Waals surface area contributed by atoms with E-state index in [0.717, 1.165) is 25.2 Å². The van der Waals surface area contributed by atoms with Crippen molar-refractivity contribution in [2.45, 2.75) is 64.7 Å². The molecular formula is C17H27N3O. The molecule has 21 heavy (non-hydrogen) atoms. The summed E-state index contributed by atoms with van der Waals surface area (Å²) < 4.78 is 0. The lowest BCUT2D eigenvalue weighted by Gasteiger charge is -2.39. The second-order valence-corrected chi connectivity index (χ2v) is 6.99. The Morgan fingerprint density at radius 2 is 1.95 bits per heavy atom. The molecule has 2 heterocycles. The third kappa shape index (κ3) is 2.85. The van der Waals surface area contributed by atoms with Crippen molar-refractivity contribution in [1.29, 1.82) is 0 Å². The summed E-state index contributed by atoms with van der Waals surface area (Å²) in [5, 5.41) is 0. The smallest absolute Gasteiger partial charge is 0.291 e. The van der Waals surface area contributed by atoms with Gasteiger partial charge in [-0.25, -0.2) is 4.98 Å². The highest BCUT2D eigenvalue weighted by atomic mass is 16.1. The maximum absolute atomic E-state index is 12.3. The van der Waals surface area contributed by atoms with Gasteiger partial charge in [-0.2, -0.15) is 0 Å². The summed E-state index contributed by atoms with van der Waals surface area (Å²) >= 11 is 0. The van der Waals surface area contributed by atoms with E-state index in [-0.39, 0.29) is 5.56 Å². The first kappa shape index (κ1) is 14.6. The molecule has 4 heteroatoms. The van der Waals surface area contributed by atoms with Crippen molar-refractivity contribution >= 4 is 5.82 Å². The molecular weight excluding hydrogens is 262 g/mol. The molecule has 1 atom stereocenters. The summed E-state index contributed by atoms with van der Waals surface area (Å²) in [7, 11) is 0. The van der Waals surface area contributed by atoms with Crippen LogP contribution in [0.2, 0.25) is 0 Å². The van der Waals surface area contributed by atoms with Crippen LogP contribution in [0.25, 0.3) is 0 Å². The molecule has 0 aromatic carbocycles. The van der Waals surface area contributed by atoms with Crippen LogP contribution in [0, 0.1) is 5.41 Å². The van der Waals surface area contributed by atoms with E-state index < -0.39 is 0 Å². The van der Waals surface area contributed by atoms with Gasteiger partial charge in [-0.3, -0.25) is 4.79 Å². The van der Waals surface area contributed by atoms with E-state index in [4.69, 9.17) is 0 Å². The molecule has 0 radical (unpaired) electrons. The van der Waals surface area contributed by atoms with E-state index in [1.807, 2.05) is 6.20 Å². The number of piperidine rings is 1. The molecule has 1 unspecified atom stereocenters. The highest BCUT2D eigenvalue weighted by Gasteiger charge is 2.37. The summed E-state index contributed by atoms with van der Waals surface area (Å²) in [4.78, 5) is 22.0. The molecule has 1 spiro atoms. The van der Waals surface area contributed by atoms with Crippen LogP contribution in [-0.4, -0.2) is 23.1 Å². The summed E-state index contributed by atoms with van der Waals surface area (Å²) in [6.07, 6.45) is 10.9. The van der Waals surface area contributed by atoms with Gasteiger partial charge in [0.15, 0.2) is 5.82 Å². The van der Waals surface area contributed by atoms with E-state index >= 15 is 0 Å². The Morgan fingerprint density at radius 1 is 1.29 bits per heavy atom. The minimum Gasteiger partial charge on any atom is -0.352 e. The lowest BCUT2D eigenvalue weighted by Crippen LogP contribution is -2.41. The van der Waals surface area contributed by atoms with E-state index in [1.54, 1.807) is 0 Å². The van der Waals surface area contributed by atoms with Crippen molar-refractivity contribution in [3.63, 3.8) is 0 Å². The molecule has 1 aliphatic carbocycles. The van der Waals surface area contributed by atoms with Crippen LogP contribution in [0.1, 0.15) is 70.4 Å². The van der Waals surface area contributed by atoms with Crippen molar-refractivity contribution in [2.75, 3.05) is 18.0 Å². The molecule has 1 aromatic heterocycles. The number of aromatic amines is 1. The number of anilines is 1. The molecule has 4 nitrogen and oxygen atoms in total. The van der Waals surface area contributed by atoms with Crippen LogP contribution in [0.3, 0.4) is 0 Å². The molecule has 1 aromatic rings. The zero-order valence-corrected chi connectivity index (χ0v) is 13.3. The number of rotatable bonds is 3. The summed E-state index contributed by atoms with van der Waals surface area (Å²) in [6, 6.07) is 0. The monoisotopic (exact) mass is 289 g/mol. The van der Waals surface area contributed by atoms with Crippen LogP contribution in [0.15, 0.2) is 11.0 Å². The van der Waals surface area contributed by atoms with Gasteiger partial charge in [0.05, 0.1) is 0 Å². The van der Waals surface area contributed by atoms with Crippen LogP contribution in [0.5, 0.6) is 0 Å². The molecule has 1 aliphatic heterocycles. The summed E-state index contributed by atoms with van der Waals surface area (Å²) in [5.74, 6) is 0.984. The van der Waals surface area contributed by atoms with Crippen LogP contribution in [-0.2, 0) is 0 Å². The zero-order valence-electron chi connectivity index (χ0n) is 13.3. The minimum absolute atomic E-state index is 0.0184. The number of aromatic nitrogens is 2. The first-order chi connectivity index (χ1) is 10.1. The number of hydrogen-bond acceptors (Lipinski definition) is 3. The van der Waals surface area contributed by atoms with Crippen molar-refractivity contribution in [3.05, 3.63) is 22.2 Å². The first-order valence-corrected chi connectivity index (χ1v) is 8.48. The second kappa shape index (κ2) is 5.82. The van der Waals surface area contributed by atoms with E-state index in [0.29, 0.717) is 17.2 Å². The van der Waals surface area contributed by atoms with Gasteiger partial charge in [-0.15, -0.1) is 0 Å². The van der Waals surface area contributed by atoms with Crippen LogP contribution in [0.4, 0.5) is 5.82 Å². The van der Waals surface area contributed by atoms with Gasteiger partial charge in [0, 0.05) is 25.0 Å². The van der Waals surface area contributed by atoms with Gasteiger partial charge in [0.1, 0.15) is 0 Å². The van der Waals surface area contributed by atoms with Gasteiger partial charge < -0.3 is 9.88 Å². The number of hydrogen-bond donors (Lipinski definition) is 1. The fourth-order valence-corrected chi connectivity index (χ4v) is 3.92. The van der Waals surface area contributed by atoms with Crippen molar-refractivity contribution in [3.8, 4) is 0 Å². The molecule has 0 amide bonds. The number of nitrogens with zero attached hydrogens (tertiary/aromatic N) is 2. The van der Waals surface area contributed by atoms with Crippen LogP contribution < -0.4 is 10.5 Å². The highest BCUT2D eigenvalue weighted by Crippen LogP contribution is 2.46. The van der Waals surface area contributed by atoms with Crippen molar-refractivity contribution in [1.82, 2.24) is 9.97 Å². The molecule has 1 saturated heterocycles. The minimum atomic E-state index is -0.0184. The normalized spacial score (nSPS) is 22.7. The lowest BCUT2D eigenvalue weighted by atomic mass is 9.77. The van der Waals surface area contributed by atoms with Gasteiger partial charge in [0.25, 0.3) is 5.56 Å². The average Bonchev–Trinajstić information content (AvgIpc) is 2.96. The first-order valence-electron chi connectivity index (χ1n) is 8.48. The topological polar surface area (TPSA) is 49.0 Å². The maximum Gasteiger partial charge on any atom is 0.291 e. The van der Waals surface area contributed by atoms with E-state index in [2.05, 4.69) is 28.7 Å². The molecule has 1 saturated carbocycles. The molecule has 1 N–H and O–H groups in total. The standard InChI is InChI=1S/C17H27N3O/c1-3-13(2)14-12-18-15(16(21)19-14)20-10-8-17(9-11-20)6-4-5-7-17/h12-13H,3-11H2,1-2H3,(H,19,21). The van der Waals surface area contributed by atoms with Crippen LogP contribution >= 0.6 is 0 Å².